The third kappa shape index (κ3) is 1.75. The Bertz CT molecular complexity index is 421. The molecule has 3 nitrogen and oxygen atoms in total. The van der Waals surface area contributed by atoms with E-state index in [0.29, 0.717) is 23.4 Å². The number of rotatable bonds is 1. The highest BCUT2D eigenvalue weighted by Gasteiger charge is 2.43. The standard InChI is InChI=1S/C12H14ClNO2/c13-9-5-2-1-4-8(9)12(14)7-3-6-10(15)11(12)16/h1-2,4-5,10,15H,3,6-7,14H2/t10?,12-/m0/s1. The maximum atomic E-state index is 12.0. The van der Waals surface area contributed by atoms with Gasteiger partial charge in [-0.15, -0.1) is 0 Å². The molecule has 1 aromatic rings. The van der Waals surface area contributed by atoms with Crippen molar-refractivity contribution in [2.75, 3.05) is 0 Å². The van der Waals surface area contributed by atoms with E-state index in [0.717, 1.165) is 6.42 Å². The van der Waals surface area contributed by atoms with Crippen LogP contribution in [0.4, 0.5) is 0 Å². The zero-order valence-corrected chi connectivity index (χ0v) is 9.57. The highest BCUT2D eigenvalue weighted by Crippen LogP contribution is 2.35. The van der Waals surface area contributed by atoms with Crippen LogP contribution in [0.15, 0.2) is 24.3 Å². The normalized spacial score (nSPS) is 30.4. The minimum absolute atomic E-state index is 0.327. The molecule has 4 heteroatoms. The van der Waals surface area contributed by atoms with E-state index in [4.69, 9.17) is 17.3 Å². The molecule has 1 aliphatic carbocycles. The first-order valence-corrected chi connectivity index (χ1v) is 5.70. The molecule has 0 radical (unpaired) electrons. The van der Waals surface area contributed by atoms with Gasteiger partial charge in [-0.2, -0.15) is 0 Å². The van der Waals surface area contributed by atoms with Gasteiger partial charge >= 0.3 is 0 Å². The molecule has 1 aliphatic rings. The van der Waals surface area contributed by atoms with Gasteiger partial charge in [0.25, 0.3) is 0 Å². The van der Waals surface area contributed by atoms with Crippen LogP contribution in [0.5, 0.6) is 0 Å². The predicted octanol–water partition coefficient (Wildman–Crippen LogP) is 1.61. The lowest BCUT2D eigenvalue weighted by Crippen LogP contribution is -2.52. The number of carbonyl (C=O) groups is 1. The van der Waals surface area contributed by atoms with Crippen LogP contribution in [0.2, 0.25) is 5.02 Å². The Morgan fingerprint density at radius 1 is 1.44 bits per heavy atom. The van der Waals surface area contributed by atoms with E-state index in [9.17, 15) is 9.90 Å². The van der Waals surface area contributed by atoms with Crippen LogP contribution in [-0.4, -0.2) is 17.0 Å². The van der Waals surface area contributed by atoms with Gasteiger partial charge in [-0.25, -0.2) is 0 Å². The highest BCUT2D eigenvalue weighted by atomic mass is 35.5. The molecule has 0 heterocycles. The van der Waals surface area contributed by atoms with Gasteiger partial charge in [-0.3, -0.25) is 4.79 Å². The predicted molar refractivity (Wildman–Crippen MR) is 62.2 cm³/mol. The van der Waals surface area contributed by atoms with Crippen LogP contribution >= 0.6 is 11.6 Å². The number of aliphatic hydroxyl groups is 1. The highest BCUT2D eigenvalue weighted by molar-refractivity contribution is 6.31. The molecule has 0 spiro atoms. The molecule has 1 fully saturated rings. The van der Waals surface area contributed by atoms with E-state index in [2.05, 4.69) is 0 Å². The lowest BCUT2D eigenvalue weighted by molar-refractivity contribution is -0.136. The summed E-state index contributed by atoms with van der Waals surface area (Å²) in [5.74, 6) is -0.327. The number of carbonyl (C=O) groups excluding carboxylic acids is 1. The number of nitrogens with two attached hydrogens (primary N) is 1. The first-order chi connectivity index (χ1) is 7.55. The number of aliphatic hydroxyl groups excluding tert-OH is 1. The zero-order valence-electron chi connectivity index (χ0n) is 8.82. The quantitative estimate of drug-likeness (QED) is 0.783. The van der Waals surface area contributed by atoms with Crippen molar-refractivity contribution in [1.82, 2.24) is 0 Å². The number of benzene rings is 1. The molecule has 1 unspecified atom stereocenters. The minimum atomic E-state index is -1.13. The lowest BCUT2D eigenvalue weighted by atomic mass is 9.75. The third-order valence-corrected chi connectivity index (χ3v) is 3.48. The number of hydrogen-bond donors (Lipinski definition) is 2. The van der Waals surface area contributed by atoms with Crippen LogP contribution in [-0.2, 0) is 10.3 Å². The van der Waals surface area contributed by atoms with E-state index in [-0.39, 0.29) is 5.78 Å². The van der Waals surface area contributed by atoms with Crippen molar-refractivity contribution in [3.8, 4) is 0 Å². The molecule has 3 N–H and O–H groups in total. The topological polar surface area (TPSA) is 63.3 Å². The second kappa shape index (κ2) is 4.17. The molecule has 2 atom stereocenters. The molecular weight excluding hydrogens is 226 g/mol. The Labute approximate surface area is 99.2 Å². The monoisotopic (exact) mass is 239 g/mol. The molecule has 86 valence electrons. The van der Waals surface area contributed by atoms with Gasteiger partial charge in [0.2, 0.25) is 0 Å². The molecular formula is C12H14ClNO2. The Hall–Kier alpha value is -0.900. The van der Waals surface area contributed by atoms with Crippen molar-refractivity contribution < 1.29 is 9.90 Å². The largest absolute Gasteiger partial charge is 0.385 e. The summed E-state index contributed by atoms with van der Waals surface area (Å²) in [6.07, 6.45) is 0.791. The SMILES string of the molecule is N[C@]1(c2ccccc2Cl)CCCC(O)C1=O. The van der Waals surface area contributed by atoms with Crippen molar-refractivity contribution in [3.63, 3.8) is 0 Å². The van der Waals surface area contributed by atoms with Crippen molar-refractivity contribution in [1.29, 1.82) is 0 Å². The summed E-state index contributed by atoms with van der Waals surface area (Å²) in [5.41, 5.74) is 5.60. The Kier molecular flexibility index (Phi) is 3.02. The Morgan fingerprint density at radius 3 is 2.81 bits per heavy atom. The summed E-state index contributed by atoms with van der Waals surface area (Å²) in [6.45, 7) is 0. The number of ketones is 1. The second-order valence-electron chi connectivity index (χ2n) is 4.22. The van der Waals surface area contributed by atoms with Gasteiger partial charge in [0, 0.05) is 5.02 Å². The first-order valence-electron chi connectivity index (χ1n) is 5.32. The molecule has 1 saturated carbocycles. The lowest BCUT2D eigenvalue weighted by Gasteiger charge is -2.35. The van der Waals surface area contributed by atoms with E-state index in [1.54, 1.807) is 24.3 Å². The molecule has 0 bridgehead atoms. The van der Waals surface area contributed by atoms with Crippen molar-refractivity contribution >= 4 is 17.4 Å². The van der Waals surface area contributed by atoms with Gasteiger partial charge < -0.3 is 10.8 Å². The molecule has 0 aromatic heterocycles. The molecule has 0 amide bonds. The molecule has 16 heavy (non-hydrogen) atoms. The van der Waals surface area contributed by atoms with Gasteiger partial charge in [0.15, 0.2) is 5.78 Å². The minimum Gasteiger partial charge on any atom is -0.385 e. The van der Waals surface area contributed by atoms with E-state index < -0.39 is 11.6 Å². The van der Waals surface area contributed by atoms with Crippen LogP contribution in [0.3, 0.4) is 0 Å². The summed E-state index contributed by atoms with van der Waals surface area (Å²) < 4.78 is 0. The van der Waals surface area contributed by atoms with Gasteiger partial charge in [0.1, 0.15) is 11.6 Å². The number of hydrogen-bond acceptors (Lipinski definition) is 3. The van der Waals surface area contributed by atoms with E-state index in [1.807, 2.05) is 0 Å². The maximum absolute atomic E-state index is 12.0. The van der Waals surface area contributed by atoms with E-state index >= 15 is 0 Å². The van der Waals surface area contributed by atoms with Gasteiger partial charge in [-0.05, 0) is 30.9 Å². The van der Waals surface area contributed by atoms with Gasteiger partial charge in [0.05, 0.1) is 0 Å². The maximum Gasteiger partial charge on any atom is 0.185 e. The fourth-order valence-corrected chi connectivity index (χ4v) is 2.52. The van der Waals surface area contributed by atoms with Crippen LogP contribution in [0.1, 0.15) is 24.8 Å². The summed E-state index contributed by atoms with van der Waals surface area (Å²) in [5, 5.41) is 10.1. The average Bonchev–Trinajstić information content (AvgIpc) is 2.26. The molecule has 1 aromatic carbocycles. The van der Waals surface area contributed by atoms with Crippen LogP contribution in [0, 0.1) is 0 Å². The van der Waals surface area contributed by atoms with Crippen LogP contribution in [0.25, 0.3) is 0 Å². The fraction of sp³-hybridized carbons (Fsp3) is 0.417. The fourth-order valence-electron chi connectivity index (χ4n) is 2.22. The average molecular weight is 240 g/mol. The van der Waals surface area contributed by atoms with E-state index in [1.165, 1.54) is 0 Å². The Morgan fingerprint density at radius 2 is 2.12 bits per heavy atom. The first kappa shape index (κ1) is 11.6. The van der Waals surface area contributed by atoms with Crippen molar-refractivity contribution in [2.24, 2.45) is 5.73 Å². The van der Waals surface area contributed by atoms with Crippen molar-refractivity contribution in [3.05, 3.63) is 34.9 Å². The third-order valence-electron chi connectivity index (χ3n) is 3.15. The van der Waals surface area contributed by atoms with Crippen LogP contribution < -0.4 is 5.73 Å². The second-order valence-corrected chi connectivity index (χ2v) is 4.63. The molecule has 2 rings (SSSR count). The van der Waals surface area contributed by atoms with Crippen molar-refractivity contribution in [2.45, 2.75) is 30.9 Å². The molecule has 0 aliphatic heterocycles. The zero-order chi connectivity index (χ0) is 11.8. The smallest absolute Gasteiger partial charge is 0.185 e. The summed E-state index contributed by atoms with van der Waals surface area (Å²) in [6, 6.07) is 7.04. The summed E-state index contributed by atoms with van der Waals surface area (Å²) >= 11 is 6.05. The number of halogens is 1. The molecule has 0 saturated heterocycles. The van der Waals surface area contributed by atoms with Gasteiger partial charge in [-0.1, -0.05) is 29.8 Å². The summed E-state index contributed by atoms with van der Waals surface area (Å²) in [4.78, 5) is 12.0. The number of Topliss-reactive ketones (excluding diaryl/α,β-unsaturated/α-hetero) is 1. The Balaban J connectivity index is 2.45. The summed E-state index contributed by atoms with van der Waals surface area (Å²) in [7, 11) is 0.